The summed E-state index contributed by atoms with van der Waals surface area (Å²) in [4.78, 5) is 15.9. The van der Waals surface area contributed by atoms with Crippen LogP contribution < -0.4 is 5.32 Å². The van der Waals surface area contributed by atoms with E-state index in [2.05, 4.69) is 10.2 Å². The van der Waals surface area contributed by atoms with Crippen molar-refractivity contribution in [3.63, 3.8) is 0 Å². The Kier molecular flexibility index (Phi) is 3.09. The normalized spacial score (nSPS) is 35.6. The van der Waals surface area contributed by atoms with Crippen molar-refractivity contribution >= 4 is 5.91 Å². The highest BCUT2D eigenvalue weighted by Crippen LogP contribution is 2.30. The second kappa shape index (κ2) is 4.58. The summed E-state index contributed by atoms with van der Waals surface area (Å²) in [6.07, 6.45) is 5.84. The molecule has 0 spiro atoms. The first-order valence-corrected chi connectivity index (χ1v) is 6.96. The zero-order chi connectivity index (χ0) is 11.8. The first kappa shape index (κ1) is 11.5. The van der Waals surface area contributed by atoms with Crippen molar-refractivity contribution in [2.75, 3.05) is 26.7 Å². The zero-order valence-corrected chi connectivity index (χ0v) is 10.7. The zero-order valence-electron chi connectivity index (χ0n) is 10.7. The molecule has 1 N–H and O–H groups in total. The third-order valence-corrected chi connectivity index (χ3v) is 4.38. The van der Waals surface area contributed by atoms with Crippen LogP contribution in [-0.2, 0) is 4.79 Å². The molecule has 2 unspecified atom stereocenters. The van der Waals surface area contributed by atoms with E-state index in [1.807, 2.05) is 11.9 Å². The molecule has 2 heterocycles. The Morgan fingerprint density at radius 1 is 1.12 bits per heavy atom. The van der Waals surface area contributed by atoms with Gasteiger partial charge in [-0.2, -0.15) is 0 Å². The van der Waals surface area contributed by atoms with Gasteiger partial charge in [0.05, 0.1) is 0 Å². The van der Waals surface area contributed by atoms with E-state index in [0.29, 0.717) is 24.4 Å². The molecule has 1 aliphatic carbocycles. The van der Waals surface area contributed by atoms with Gasteiger partial charge in [0.15, 0.2) is 0 Å². The van der Waals surface area contributed by atoms with Crippen molar-refractivity contribution in [2.24, 2.45) is 0 Å². The number of hydrogen-bond donors (Lipinski definition) is 1. The van der Waals surface area contributed by atoms with E-state index in [0.717, 1.165) is 19.0 Å². The third kappa shape index (κ3) is 2.63. The average molecular weight is 237 g/mol. The SMILES string of the molecule is CN1CC(NC2CCN(C3CC3)C2)CCC1=O. The maximum Gasteiger partial charge on any atom is 0.222 e. The van der Waals surface area contributed by atoms with Gasteiger partial charge in [0.2, 0.25) is 5.91 Å². The predicted molar refractivity (Wildman–Crippen MR) is 66.8 cm³/mol. The van der Waals surface area contributed by atoms with Crippen LogP contribution in [0.5, 0.6) is 0 Å². The van der Waals surface area contributed by atoms with Gasteiger partial charge in [-0.3, -0.25) is 9.69 Å². The molecule has 2 aliphatic heterocycles. The van der Waals surface area contributed by atoms with Gasteiger partial charge in [0, 0.05) is 51.2 Å². The Labute approximate surface area is 103 Å². The van der Waals surface area contributed by atoms with Gasteiger partial charge >= 0.3 is 0 Å². The highest BCUT2D eigenvalue weighted by Gasteiger charge is 2.35. The molecule has 3 aliphatic rings. The van der Waals surface area contributed by atoms with E-state index in [1.165, 1.54) is 32.4 Å². The van der Waals surface area contributed by atoms with E-state index in [1.54, 1.807) is 0 Å². The molecule has 3 fully saturated rings. The van der Waals surface area contributed by atoms with Crippen molar-refractivity contribution in [2.45, 2.75) is 50.2 Å². The molecule has 4 heteroatoms. The Hall–Kier alpha value is -0.610. The van der Waals surface area contributed by atoms with E-state index >= 15 is 0 Å². The molecule has 0 aromatic heterocycles. The number of carbonyl (C=O) groups is 1. The highest BCUT2D eigenvalue weighted by molar-refractivity contribution is 5.76. The number of hydrogen-bond acceptors (Lipinski definition) is 3. The molecule has 0 aromatic carbocycles. The quantitative estimate of drug-likeness (QED) is 0.773. The van der Waals surface area contributed by atoms with Crippen LogP contribution in [0.1, 0.15) is 32.1 Å². The van der Waals surface area contributed by atoms with Crippen LogP contribution >= 0.6 is 0 Å². The largest absolute Gasteiger partial charge is 0.344 e. The molecule has 4 nitrogen and oxygen atoms in total. The molecule has 1 amide bonds. The topological polar surface area (TPSA) is 35.6 Å². The van der Waals surface area contributed by atoms with E-state index in [9.17, 15) is 4.79 Å². The third-order valence-electron chi connectivity index (χ3n) is 4.38. The molecule has 0 aromatic rings. The van der Waals surface area contributed by atoms with Crippen LogP contribution in [0.25, 0.3) is 0 Å². The maximum atomic E-state index is 11.4. The first-order chi connectivity index (χ1) is 8.22. The summed E-state index contributed by atoms with van der Waals surface area (Å²) in [6.45, 7) is 3.38. The lowest BCUT2D eigenvalue weighted by atomic mass is 10.0. The van der Waals surface area contributed by atoms with Crippen LogP contribution in [0.3, 0.4) is 0 Å². The van der Waals surface area contributed by atoms with Gasteiger partial charge in [-0.1, -0.05) is 0 Å². The molecule has 96 valence electrons. The summed E-state index contributed by atoms with van der Waals surface area (Å²) >= 11 is 0. The minimum absolute atomic E-state index is 0.300. The molecule has 2 saturated heterocycles. The van der Waals surface area contributed by atoms with Gasteiger partial charge in [-0.25, -0.2) is 0 Å². The summed E-state index contributed by atoms with van der Waals surface area (Å²) < 4.78 is 0. The average Bonchev–Trinajstić information content (AvgIpc) is 3.06. The smallest absolute Gasteiger partial charge is 0.222 e. The summed E-state index contributed by atoms with van der Waals surface area (Å²) in [5.74, 6) is 0.300. The Morgan fingerprint density at radius 3 is 2.59 bits per heavy atom. The van der Waals surface area contributed by atoms with Crippen molar-refractivity contribution in [1.29, 1.82) is 0 Å². The molecule has 3 rings (SSSR count). The summed E-state index contributed by atoms with van der Waals surface area (Å²) in [5, 5.41) is 3.75. The fraction of sp³-hybridized carbons (Fsp3) is 0.923. The number of carbonyl (C=O) groups excluding carboxylic acids is 1. The van der Waals surface area contributed by atoms with Gasteiger partial charge in [0.1, 0.15) is 0 Å². The number of likely N-dealkylation sites (N-methyl/N-ethyl adjacent to an activating group) is 1. The van der Waals surface area contributed by atoms with Crippen molar-refractivity contribution in [1.82, 2.24) is 15.1 Å². The number of likely N-dealkylation sites (tertiary alicyclic amines) is 2. The molecular formula is C13H23N3O. The minimum Gasteiger partial charge on any atom is -0.344 e. The standard InChI is InChI=1S/C13H23N3O/c1-15-8-10(2-5-13(15)17)14-11-6-7-16(9-11)12-3-4-12/h10-12,14H,2-9H2,1H3. The predicted octanol–water partition coefficient (Wildman–Crippen LogP) is 0.433. The molecule has 1 saturated carbocycles. The van der Waals surface area contributed by atoms with Gasteiger partial charge in [-0.05, 0) is 25.7 Å². The van der Waals surface area contributed by atoms with Crippen LogP contribution in [0.15, 0.2) is 0 Å². The highest BCUT2D eigenvalue weighted by atomic mass is 16.2. The molecule has 0 bridgehead atoms. The Bertz CT molecular complexity index is 303. The minimum atomic E-state index is 0.300. The van der Waals surface area contributed by atoms with Crippen molar-refractivity contribution in [3.05, 3.63) is 0 Å². The Morgan fingerprint density at radius 2 is 1.88 bits per heavy atom. The number of amides is 1. The lowest BCUT2D eigenvalue weighted by Crippen LogP contribution is -2.50. The van der Waals surface area contributed by atoms with Crippen LogP contribution in [0.4, 0.5) is 0 Å². The molecule has 0 radical (unpaired) electrons. The lowest BCUT2D eigenvalue weighted by molar-refractivity contribution is -0.132. The second-order valence-electron chi connectivity index (χ2n) is 5.89. The fourth-order valence-electron chi connectivity index (χ4n) is 3.18. The monoisotopic (exact) mass is 237 g/mol. The van der Waals surface area contributed by atoms with Gasteiger partial charge in [-0.15, -0.1) is 0 Å². The summed E-state index contributed by atoms with van der Waals surface area (Å²) in [7, 11) is 1.92. The van der Waals surface area contributed by atoms with E-state index in [4.69, 9.17) is 0 Å². The number of piperidine rings is 1. The van der Waals surface area contributed by atoms with Crippen LogP contribution in [-0.4, -0.2) is 60.5 Å². The van der Waals surface area contributed by atoms with Crippen LogP contribution in [0, 0.1) is 0 Å². The van der Waals surface area contributed by atoms with Crippen molar-refractivity contribution < 1.29 is 4.79 Å². The lowest BCUT2D eigenvalue weighted by Gasteiger charge is -2.32. The van der Waals surface area contributed by atoms with Crippen LogP contribution in [0.2, 0.25) is 0 Å². The maximum absolute atomic E-state index is 11.4. The van der Waals surface area contributed by atoms with Gasteiger partial charge < -0.3 is 10.2 Å². The van der Waals surface area contributed by atoms with E-state index in [-0.39, 0.29) is 0 Å². The van der Waals surface area contributed by atoms with Crippen molar-refractivity contribution in [3.8, 4) is 0 Å². The molecular weight excluding hydrogens is 214 g/mol. The molecule has 17 heavy (non-hydrogen) atoms. The number of nitrogens with one attached hydrogen (secondary N) is 1. The molecule has 2 atom stereocenters. The fourth-order valence-corrected chi connectivity index (χ4v) is 3.18. The van der Waals surface area contributed by atoms with E-state index < -0.39 is 0 Å². The number of rotatable bonds is 3. The Balaban J connectivity index is 1.46. The summed E-state index contributed by atoms with van der Waals surface area (Å²) in [5.41, 5.74) is 0. The van der Waals surface area contributed by atoms with Gasteiger partial charge in [0.25, 0.3) is 0 Å². The second-order valence-corrected chi connectivity index (χ2v) is 5.89. The first-order valence-electron chi connectivity index (χ1n) is 6.96. The summed E-state index contributed by atoms with van der Waals surface area (Å²) in [6, 6.07) is 2.07. The number of nitrogens with zero attached hydrogens (tertiary/aromatic N) is 2.